The SMILES string of the molecule is CN1CCN(c2ccc(C=NN)c(F)c2)CC1. The Morgan fingerprint density at radius 1 is 1.29 bits per heavy atom. The fourth-order valence-electron chi connectivity index (χ4n) is 1.96. The number of hydrazone groups is 1. The van der Waals surface area contributed by atoms with Crippen LogP contribution in [0.5, 0.6) is 0 Å². The predicted molar refractivity (Wildman–Crippen MR) is 67.9 cm³/mol. The van der Waals surface area contributed by atoms with E-state index in [1.807, 2.05) is 6.07 Å². The first-order valence-corrected chi connectivity index (χ1v) is 5.67. The minimum atomic E-state index is -0.282. The van der Waals surface area contributed by atoms with Crippen LogP contribution in [0.1, 0.15) is 5.56 Å². The van der Waals surface area contributed by atoms with Crippen LogP contribution in [0.2, 0.25) is 0 Å². The summed E-state index contributed by atoms with van der Waals surface area (Å²) in [5, 5.41) is 3.33. The van der Waals surface area contributed by atoms with Gasteiger partial charge < -0.3 is 15.6 Å². The van der Waals surface area contributed by atoms with Crippen molar-refractivity contribution < 1.29 is 4.39 Å². The smallest absolute Gasteiger partial charge is 0.134 e. The molecule has 2 N–H and O–H groups in total. The lowest BCUT2D eigenvalue weighted by molar-refractivity contribution is 0.313. The number of benzene rings is 1. The van der Waals surface area contributed by atoms with Crippen LogP contribution in [0.25, 0.3) is 0 Å². The first-order valence-electron chi connectivity index (χ1n) is 5.67. The second kappa shape index (κ2) is 5.14. The second-order valence-corrected chi connectivity index (χ2v) is 4.27. The van der Waals surface area contributed by atoms with Gasteiger partial charge in [0, 0.05) is 37.4 Å². The zero-order chi connectivity index (χ0) is 12.3. The Kier molecular flexibility index (Phi) is 3.58. The van der Waals surface area contributed by atoms with Gasteiger partial charge in [0.15, 0.2) is 0 Å². The lowest BCUT2D eigenvalue weighted by Crippen LogP contribution is -2.44. The van der Waals surface area contributed by atoms with Gasteiger partial charge in [0.25, 0.3) is 0 Å². The highest BCUT2D eigenvalue weighted by atomic mass is 19.1. The van der Waals surface area contributed by atoms with Crippen molar-refractivity contribution in [3.05, 3.63) is 29.6 Å². The summed E-state index contributed by atoms with van der Waals surface area (Å²) < 4.78 is 13.7. The van der Waals surface area contributed by atoms with Gasteiger partial charge in [-0.1, -0.05) is 0 Å². The van der Waals surface area contributed by atoms with Crippen LogP contribution >= 0.6 is 0 Å². The molecule has 0 atom stereocenters. The van der Waals surface area contributed by atoms with E-state index in [9.17, 15) is 4.39 Å². The molecule has 92 valence electrons. The Balaban J connectivity index is 2.14. The van der Waals surface area contributed by atoms with Crippen LogP contribution in [0.3, 0.4) is 0 Å². The quantitative estimate of drug-likeness (QED) is 0.471. The maximum atomic E-state index is 13.7. The van der Waals surface area contributed by atoms with E-state index < -0.39 is 0 Å². The third-order valence-electron chi connectivity index (χ3n) is 3.07. The number of piperazine rings is 1. The first kappa shape index (κ1) is 11.9. The topological polar surface area (TPSA) is 44.9 Å². The molecule has 0 aromatic heterocycles. The number of nitrogens with zero attached hydrogens (tertiary/aromatic N) is 3. The van der Waals surface area contributed by atoms with Crippen LogP contribution in [0, 0.1) is 5.82 Å². The monoisotopic (exact) mass is 236 g/mol. The zero-order valence-electron chi connectivity index (χ0n) is 9.93. The first-order chi connectivity index (χ1) is 8.20. The van der Waals surface area contributed by atoms with Crippen molar-refractivity contribution in [2.75, 3.05) is 38.1 Å². The Labute approximate surface area is 101 Å². The maximum absolute atomic E-state index is 13.7. The van der Waals surface area contributed by atoms with Gasteiger partial charge in [-0.25, -0.2) is 4.39 Å². The largest absolute Gasteiger partial charge is 0.369 e. The van der Waals surface area contributed by atoms with Gasteiger partial charge in [-0.2, -0.15) is 5.10 Å². The fourth-order valence-corrected chi connectivity index (χ4v) is 1.96. The molecule has 4 nitrogen and oxygen atoms in total. The van der Waals surface area contributed by atoms with Gasteiger partial charge >= 0.3 is 0 Å². The molecule has 2 rings (SSSR count). The van der Waals surface area contributed by atoms with Crippen molar-refractivity contribution in [3.63, 3.8) is 0 Å². The minimum absolute atomic E-state index is 0.282. The maximum Gasteiger partial charge on any atom is 0.134 e. The summed E-state index contributed by atoms with van der Waals surface area (Å²) >= 11 is 0. The molecule has 1 fully saturated rings. The Hall–Kier alpha value is -1.62. The Bertz CT molecular complexity index is 411. The van der Waals surface area contributed by atoms with Crippen LogP contribution in [0.4, 0.5) is 10.1 Å². The number of nitrogens with two attached hydrogens (primary N) is 1. The molecule has 1 saturated heterocycles. The van der Waals surface area contributed by atoms with E-state index in [-0.39, 0.29) is 5.82 Å². The molecule has 1 aliphatic heterocycles. The highest BCUT2D eigenvalue weighted by Gasteiger charge is 2.15. The number of likely N-dealkylation sites (N-methyl/N-ethyl adjacent to an activating group) is 1. The number of rotatable bonds is 2. The van der Waals surface area contributed by atoms with E-state index in [0.29, 0.717) is 5.56 Å². The molecule has 0 spiro atoms. The zero-order valence-corrected chi connectivity index (χ0v) is 9.93. The normalized spacial score (nSPS) is 17.9. The van der Waals surface area contributed by atoms with Crippen LogP contribution < -0.4 is 10.7 Å². The minimum Gasteiger partial charge on any atom is -0.369 e. The van der Waals surface area contributed by atoms with Gasteiger partial charge in [0.2, 0.25) is 0 Å². The highest BCUT2D eigenvalue weighted by molar-refractivity contribution is 5.80. The summed E-state index contributed by atoms with van der Waals surface area (Å²) in [7, 11) is 2.10. The lowest BCUT2D eigenvalue weighted by atomic mass is 10.2. The molecule has 0 amide bonds. The fraction of sp³-hybridized carbons (Fsp3) is 0.417. The molecule has 1 aliphatic rings. The summed E-state index contributed by atoms with van der Waals surface area (Å²) in [6.07, 6.45) is 1.32. The third kappa shape index (κ3) is 2.74. The molecule has 5 heteroatoms. The van der Waals surface area contributed by atoms with Gasteiger partial charge in [0.1, 0.15) is 5.82 Å². The van der Waals surface area contributed by atoms with Crippen LogP contribution in [0.15, 0.2) is 23.3 Å². The molecule has 17 heavy (non-hydrogen) atoms. The number of hydrogen-bond acceptors (Lipinski definition) is 4. The number of anilines is 1. The average Bonchev–Trinajstić information content (AvgIpc) is 2.33. The molecule has 1 aromatic carbocycles. The summed E-state index contributed by atoms with van der Waals surface area (Å²) in [6, 6.07) is 5.16. The Morgan fingerprint density at radius 3 is 2.59 bits per heavy atom. The summed E-state index contributed by atoms with van der Waals surface area (Å²) in [5.41, 5.74) is 1.34. The summed E-state index contributed by atoms with van der Waals surface area (Å²) in [6.45, 7) is 3.88. The van der Waals surface area contributed by atoms with Gasteiger partial charge in [-0.15, -0.1) is 0 Å². The highest BCUT2D eigenvalue weighted by Crippen LogP contribution is 2.19. The van der Waals surface area contributed by atoms with Crippen molar-refractivity contribution in [1.29, 1.82) is 0 Å². The van der Waals surface area contributed by atoms with Gasteiger partial charge in [-0.05, 0) is 25.2 Å². The van der Waals surface area contributed by atoms with Crippen molar-refractivity contribution in [2.24, 2.45) is 10.9 Å². The predicted octanol–water partition coefficient (Wildman–Crippen LogP) is 0.870. The van der Waals surface area contributed by atoms with E-state index in [2.05, 4.69) is 21.9 Å². The average molecular weight is 236 g/mol. The van der Waals surface area contributed by atoms with Crippen molar-refractivity contribution in [2.45, 2.75) is 0 Å². The molecule has 0 bridgehead atoms. The molecule has 1 heterocycles. The molecule has 0 saturated carbocycles. The summed E-state index contributed by atoms with van der Waals surface area (Å²) in [4.78, 5) is 4.45. The van der Waals surface area contributed by atoms with E-state index in [4.69, 9.17) is 5.84 Å². The molecule has 0 unspecified atom stereocenters. The van der Waals surface area contributed by atoms with Gasteiger partial charge in [-0.3, -0.25) is 0 Å². The molecule has 0 radical (unpaired) electrons. The van der Waals surface area contributed by atoms with Crippen LogP contribution in [-0.4, -0.2) is 44.3 Å². The summed E-state index contributed by atoms with van der Waals surface area (Å²) in [5.74, 6) is 4.73. The van der Waals surface area contributed by atoms with Crippen molar-refractivity contribution in [3.8, 4) is 0 Å². The van der Waals surface area contributed by atoms with E-state index in [1.54, 1.807) is 12.1 Å². The van der Waals surface area contributed by atoms with E-state index in [1.165, 1.54) is 6.21 Å². The van der Waals surface area contributed by atoms with Crippen LogP contribution in [-0.2, 0) is 0 Å². The standard InChI is InChI=1S/C12H17FN4/c1-16-4-6-17(7-5-16)11-3-2-10(9-15-14)12(13)8-11/h2-3,8-9H,4-7,14H2,1H3. The third-order valence-corrected chi connectivity index (χ3v) is 3.07. The van der Waals surface area contributed by atoms with Crippen molar-refractivity contribution in [1.82, 2.24) is 4.90 Å². The van der Waals surface area contributed by atoms with Crippen molar-refractivity contribution >= 4 is 11.9 Å². The number of halogens is 1. The molecule has 0 aliphatic carbocycles. The number of hydrogen-bond donors (Lipinski definition) is 1. The van der Waals surface area contributed by atoms with Gasteiger partial charge in [0.05, 0.1) is 6.21 Å². The molecular weight excluding hydrogens is 219 g/mol. The van der Waals surface area contributed by atoms with E-state index >= 15 is 0 Å². The molecular formula is C12H17FN4. The second-order valence-electron chi connectivity index (χ2n) is 4.27. The van der Waals surface area contributed by atoms with E-state index in [0.717, 1.165) is 31.9 Å². The molecule has 1 aromatic rings. The lowest BCUT2D eigenvalue weighted by Gasteiger charge is -2.34. The Morgan fingerprint density at radius 2 is 2.00 bits per heavy atom.